The molecule has 7 heteroatoms. The first-order chi connectivity index (χ1) is 22.2. The average molecular weight is 653 g/mol. The van der Waals surface area contributed by atoms with Gasteiger partial charge in [0.15, 0.2) is 0 Å². The second kappa shape index (κ2) is 16.4. The summed E-state index contributed by atoms with van der Waals surface area (Å²) < 4.78 is 39.0. The second-order valence-electron chi connectivity index (χ2n) is 14.7. The number of esters is 1. The first-order valence-corrected chi connectivity index (χ1v) is 19.4. The van der Waals surface area contributed by atoms with Gasteiger partial charge >= 0.3 is 13.8 Å². The highest BCUT2D eigenvalue weighted by atomic mass is 31.2. The molecule has 6 nitrogen and oxygen atoms in total. The topological polar surface area (TPSA) is 71.1 Å². The van der Waals surface area contributed by atoms with E-state index in [-0.39, 0.29) is 30.7 Å². The molecule has 0 aliphatic heterocycles. The quantitative estimate of drug-likeness (QED) is 0.168. The van der Waals surface area contributed by atoms with Gasteiger partial charge in [0.1, 0.15) is 0 Å². The summed E-state index contributed by atoms with van der Waals surface area (Å²) in [5.41, 5.74) is 2.04. The van der Waals surface area contributed by atoms with Crippen LogP contribution in [0.5, 0.6) is 0 Å². The number of phosphoric acid groups is 1. The van der Waals surface area contributed by atoms with Crippen molar-refractivity contribution in [3.8, 4) is 0 Å². The van der Waals surface area contributed by atoms with E-state index >= 15 is 0 Å². The van der Waals surface area contributed by atoms with Crippen molar-refractivity contribution < 1.29 is 27.7 Å². The Morgan fingerprint density at radius 2 is 1.48 bits per heavy atom. The molecule has 254 valence electrons. The normalized spacial score (nSPS) is 31.0. The van der Waals surface area contributed by atoms with Gasteiger partial charge < -0.3 is 4.74 Å². The molecule has 0 spiro atoms. The number of rotatable bonds is 12. The third kappa shape index (κ3) is 8.73. The van der Waals surface area contributed by atoms with Crippen molar-refractivity contribution in [1.82, 2.24) is 0 Å². The zero-order valence-corrected chi connectivity index (χ0v) is 29.5. The zero-order valence-electron chi connectivity index (χ0n) is 28.6. The molecule has 3 unspecified atom stereocenters. The number of ether oxygens (including phenoxy) is 1. The Labute approximate surface area is 277 Å². The van der Waals surface area contributed by atoms with E-state index < -0.39 is 7.82 Å². The Bertz CT molecular complexity index is 1220. The van der Waals surface area contributed by atoms with Gasteiger partial charge in [0.2, 0.25) is 0 Å². The molecular weight excluding hydrogens is 595 g/mol. The van der Waals surface area contributed by atoms with Crippen molar-refractivity contribution in [2.45, 2.75) is 117 Å². The number of carbonyl (C=O) groups is 1. The molecule has 0 aromatic heterocycles. The molecule has 3 aliphatic rings. The molecule has 5 rings (SSSR count). The zero-order chi connectivity index (χ0) is 32.6. The first-order valence-electron chi connectivity index (χ1n) is 17.9. The van der Waals surface area contributed by atoms with Crippen LogP contribution in [0.25, 0.3) is 0 Å². The van der Waals surface area contributed by atoms with Crippen molar-refractivity contribution >= 4 is 13.8 Å². The van der Waals surface area contributed by atoms with Gasteiger partial charge in [0.25, 0.3) is 0 Å². The summed E-state index contributed by atoms with van der Waals surface area (Å²) in [6.07, 6.45) is 12.7. The van der Waals surface area contributed by atoms with E-state index in [2.05, 4.69) is 20.8 Å². The number of carbonyl (C=O) groups excluding carboxylic acids is 1. The van der Waals surface area contributed by atoms with Gasteiger partial charge in [-0.3, -0.25) is 18.4 Å². The minimum Gasteiger partial charge on any atom is -0.469 e. The van der Waals surface area contributed by atoms with Crippen LogP contribution in [0.3, 0.4) is 0 Å². The Morgan fingerprint density at radius 1 is 0.870 bits per heavy atom. The van der Waals surface area contributed by atoms with E-state index in [9.17, 15) is 9.36 Å². The van der Waals surface area contributed by atoms with Gasteiger partial charge in [-0.15, -0.1) is 0 Å². The first kappa shape index (κ1) is 35.3. The fourth-order valence-corrected chi connectivity index (χ4v) is 10.8. The Kier molecular flexibility index (Phi) is 12.6. The minimum absolute atomic E-state index is 0.119. The third-order valence-corrected chi connectivity index (χ3v) is 13.4. The molecule has 0 N–H and O–H groups in total. The third-order valence-electron chi connectivity index (χ3n) is 12.0. The number of phosphoric ester groups is 1. The lowest BCUT2D eigenvalue weighted by Crippen LogP contribution is -2.49. The predicted molar refractivity (Wildman–Crippen MR) is 183 cm³/mol. The lowest BCUT2D eigenvalue weighted by atomic mass is 9.53. The van der Waals surface area contributed by atoms with E-state index in [4.69, 9.17) is 18.3 Å². The summed E-state index contributed by atoms with van der Waals surface area (Å²) in [6, 6.07) is 19.7. The van der Waals surface area contributed by atoms with Gasteiger partial charge in [0.05, 0.1) is 26.4 Å². The van der Waals surface area contributed by atoms with Crippen LogP contribution in [-0.2, 0) is 40.9 Å². The minimum atomic E-state index is -3.93. The summed E-state index contributed by atoms with van der Waals surface area (Å²) >= 11 is 0. The van der Waals surface area contributed by atoms with Gasteiger partial charge in [-0.1, -0.05) is 114 Å². The molecule has 0 heterocycles. The summed E-state index contributed by atoms with van der Waals surface area (Å²) in [7, 11) is -2.45. The van der Waals surface area contributed by atoms with Gasteiger partial charge in [-0.05, 0) is 90.6 Å². The van der Waals surface area contributed by atoms with E-state index in [1.165, 1.54) is 52.1 Å². The van der Waals surface area contributed by atoms with Crippen molar-refractivity contribution in [1.29, 1.82) is 0 Å². The van der Waals surface area contributed by atoms with Gasteiger partial charge in [-0.25, -0.2) is 4.57 Å². The molecule has 0 radical (unpaired) electrons. The Hall–Kier alpha value is -1.98. The van der Waals surface area contributed by atoms with E-state index in [0.717, 1.165) is 36.8 Å². The number of fused-ring (bicyclic) bond motifs is 3. The molecule has 0 saturated heterocycles. The lowest BCUT2D eigenvalue weighted by Gasteiger charge is -2.53. The summed E-state index contributed by atoms with van der Waals surface area (Å²) in [5.74, 6) is 2.73. The summed E-state index contributed by atoms with van der Waals surface area (Å²) in [5, 5.41) is 0. The largest absolute Gasteiger partial charge is 0.475 e. The van der Waals surface area contributed by atoms with E-state index in [0.29, 0.717) is 41.9 Å². The monoisotopic (exact) mass is 652 g/mol. The van der Waals surface area contributed by atoms with Gasteiger partial charge in [0, 0.05) is 6.42 Å². The fourth-order valence-electron chi connectivity index (χ4n) is 9.46. The molecule has 2 aromatic carbocycles. The van der Waals surface area contributed by atoms with Crippen molar-refractivity contribution in [3.63, 3.8) is 0 Å². The van der Waals surface area contributed by atoms with Crippen molar-refractivity contribution in [3.05, 3.63) is 71.8 Å². The van der Waals surface area contributed by atoms with Crippen LogP contribution in [0.2, 0.25) is 0 Å². The molecule has 46 heavy (non-hydrogen) atoms. The van der Waals surface area contributed by atoms with Gasteiger partial charge in [-0.2, -0.15) is 0 Å². The highest BCUT2D eigenvalue weighted by Gasteiger charge is 2.58. The van der Waals surface area contributed by atoms with Crippen LogP contribution in [0.15, 0.2) is 60.7 Å². The Balaban J connectivity index is 1.43. The molecule has 0 bridgehead atoms. The summed E-state index contributed by atoms with van der Waals surface area (Å²) in [4.78, 5) is 12.0. The fraction of sp³-hybridized carbons (Fsp3) is 0.667. The molecule has 0 amide bonds. The lowest BCUT2D eigenvalue weighted by molar-refractivity contribution is -0.141. The maximum Gasteiger partial charge on any atom is 0.475 e. The van der Waals surface area contributed by atoms with Crippen LogP contribution < -0.4 is 0 Å². The smallest absolute Gasteiger partial charge is 0.469 e. The van der Waals surface area contributed by atoms with E-state index in [1.807, 2.05) is 60.7 Å². The number of hydrogen-bond donors (Lipinski definition) is 0. The van der Waals surface area contributed by atoms with Crippen LogP contribution in [0.4, 0.5) is 0 Å². The van der Waals surface area contributed by atoms with E-state index in [1.54, 1.807) is 0 Å². The van der Waals surface area contributed by atoms with Crippen LogP contribution in [0.1, 0.15) is 109 Å². The number of benzene rings is 2. The maximum absolute atomic E-state index is 14.7. The van der Waals surface area contributed by atoms with Crippen LogP contribution in [-0.4, -0.2) is 19.2 Å². The Morgan fingerprint density at radius 3 is 2.09 bits per heavy atom. The summed E-state index contributed by atoms with van der Waals surface area (Å²) in [6.45, 7) is 7.64. The van der Waals surface area contributed by atoms with Crippen LogP contribution in [0, 0.1) is 40.9 Å². The highest BCUT2D eigenvalue weighted by molar-refractivity contribution is 7.48. The average Bonchev–Trinajstić information content (AvgIpc) is 3.43. The standard InChI is InChI=1S/C39H57O6P/c1-29-15-9-5-6-14-20-36(38-33(29)25-26-39(3)34(22-23-35(38)39)30(2)21-24-37(40)42-4)45-46(41,43-27-31-16-10-7-11-17-31)44-28-32-18-12-8-13-19-32/h7-8,10-13,16-19,29-30,33-36,38H,5-6,9,14-15,20-28H2,1-4H3/t29?,30-,33-,34-,35+,36-,38?,39?/m1/s1. The predicted octanol–water partition coefficient (Wildman–Crippen LogP) is 10.6. The molecule has 3 saturated carbocycles. The SMILES string of the molecule is COC(=O)CC[C@@H](C)[C@H]1CC[C@H]2C3[C@H](CCC12C)C(C)CCCCCC[C@H]3OP(=O)(OCc1ccccc1)OCc1ccccc1. The van der Waals surface area contributed by atoms with Crippen LogP contribution >= 0.6 is 7.82 Å². The molecule has 8 atom stereocenters. The second-order valence-corrected chi connectivity index (χ2v) is 16.4. The van der Waals surface area contributed by atoms with Crippen molar-refractivity contribution in [2.75, 3.05) is 7.11 Å². The maximum atomic E-state index is 14.7. The molecule has 2 aromatic rings. The molecule has 3 aliphatic carbocycles. The number of hydrogen-bond acceptors (Lipinski definition) is 6. The highest BCUT2D eigenvalue weighted by Crippen LogP contribution is 2.65. The molecule has 3 fully saturated rings. The number of methoxy groups -OCH3 is 1. The molecular formula is C39H57O6P. The van der Waals surface area contributed by atoms with Crippen molar-refractivity contribution in [2.24, 2.45) is 40.9 Å².